The Morgan fingerprint density at radius 3 is 2.46 bits per heavy atom. The van der Waals surface area contributed by atoms with Crippen molar-refractivity contribution < 1.29 is 31.4 Å². The number of aliphatic hydroxyl groups is 1. The summed E-state index contributed by atoms with van der Waals surface area (Å²) in [5.41, 5.74) is 0.479. The largest absolute Gasteiger partial charge is 1.00 e. The molecule has 2 heterocycles. The molecule has 7 heteroatoms. The van der Waals surface area contributed by atoms with E-state index in [1.54, 1.807) is 19.2 Å². The van der Waals surface area contributed by atoms with Gasteiger partial charge in [-0.05, 0) is 55.7 Å². The van der Waals surface area contributed by atoms with Gasteiger partial charge in [-0.25, -0.2) is 0 Å². The topological polar surface area (TPSA) is 35.7 Å². The highest BCUT2D eigenvalue weighted by Crippen LogP contribution is 2.39. The van der Waals surface area contributed by atoms with Crippen LogP contribution in [0.4, 0.5) is 5.69 Å². The van der Waals surface area contributed by atoms with Crippen LogP contribution in [0.25, 0.3) is 0 Å². The first kappa shape index (κ1) is 21.4. The summed E-state index contributed by atoms with van der Waals surface area (Å²) in [6, 6.07) is 13.2. The van der Waals surface area contributed by atoms with E-state index < -0.39 is 5.72 Å². The van der Waals surface area contributed by atoms with Crippen LogP contribution in [0, 0.1) is 0 Å². The minimum absolute atomic E-state index is 0. The quantitative estimate of drug-likeness (QED) is 0.671. The lowest BCUT2D eigenvalue weighted by Gasteiger charge is -2.29. The van der Waals surface area contributed by atoms with Gasteiger partial charge in [-0.15, -0.1) is 0 Å². The predicted octanol–water partition coefficient (Wildman–Crippen LogP) is 1.66. The molecule has 2 aliphatic rings. The number of benzene rings is 2. The lowest BCUT2D eigenvalue weighted by Crippen LogP contribution is -3.00. The molecule has 2 aliphatic heterocycles. The van der Waals surface area contributed by atoms with E-state index in [1.807, 2.05) is 30.3 Å². The lowest BCUT2D eigenvalue weighted by atomic mass is 10.00. The Labute approximate surface area is 186 Å². The maximum absolute atomic E-state index is 11.9. The van der Waals surface area contributed by atoms with E-state index in [2.05, 4.69) is 9.48 Å². The highest BCUT2D eigenvalue weighted by atomic mass is 79.9. The van der Waals surface area contributed by atoms with E-state index in [0.29, 0.717) is 16.6 Å². The van der Waals surface area contributed by atoms with Gasteiger partial charge in [0, 0.05) is 12.0 Å². The average Bonchev–Trinajstić information content (AvgIpc) is 2.80. The number of ether oxygens (including phenoxy) is 1. The number of halogens is 3. The molecule has 0 bridgehead atoms. The third-order valence-corrected chi connectivity index (χ3v) is 6.18. The van der Waals surface area contributed by atoms with Gasteiger partial charge in [-0.1, -0.05) is 29.3 Å². The van der Waals surface area contributed by atoms with Gasteiger partial charge in [0.05, 0.1) is 23.7 Å². The molecular weight excluding hydrogens is 463 g/mol. The van der Waals surface area contributed by atoms with Crippen molar-refractivity contribution in [1.29, 1.82) is 0 Å². The van der Waals surface area contributed by atoms with Crippen molar-refractivity contribution in [2.24, 2.45) is 0 Å². The Kier molecular flexibility index (Phi) is 6.60. The van der Waals surface area contributed by atoms with Crippen LogP contribution in [0.3, 0.4) is 0 Å². The molecule has 0 fully saturated rings. The predicted molar refractivity (Wildman–Crippen MR) is 109 cm³/mol. The molecule has 2 aromatic rings. The summed E-state index contributed by atoms with van der Waals surface area (Å²) in [6.45, 7) is 1.46. The van der Waals surface area contributed by atoms with Crippen LogP contribution >= 0.6 is 23.2 Å². The fraction of sp³-hybridized carbons (Fsp3) is 0.381. The molecule has 150 valence electrons. The monoisotopic (exact) mass is 484 g/mol. The van der Waals surface area contributed by atoms with E-state index in [0.717, 1.165) is 48.6 Å². The molecule has 0 aromatic heterocycles. The molecule has 0 amide bonds. The van der Waals surface area contributed by atoms with Crippen LogP contribution in [0.15, 0.2) is 42.5 Å². The summed E-state index contributed by atoms with van der Waals surface area (Å²) < 4.78 is 7.60. The van der Waals surface area contributed by atoms with E-state index >= 15 is 0 Å². The number of nitrogens with zero attached hydrogens (tertiary/aromatic N) is 2. The second-order valence-electron chi connectivity index (χ2n) is 7.13. The van der Waals surface area contributed by atoms with Crippen LogP contribution in [-0.4, -0.2) is 35.7 Å². The van der Waals surface area contributed by atoms with Gasteiger partial charge < -0.3 is 26.8 Å². The maximum atomic E-state index is 11.9. The summed E-state index contributed by atoms with van der Waals surface area (Å²) in [5, 5.41) is 12.8. The number of amidine groups is 1. The normalized spacial score (nSPS) is 21.8. The molecule has 0 radical (unpaired) electrons. The Bertz CT molecular complexity index is 888. The van der Waals surface area contributed by atoms with Crippen molar-refractivity contribution >= 4 is 34.7 Å². The van der Waals surface area contributed by atoms with Gasteiger partial charge >= 0.3 is 0 Å². The molecule has 0 saturated carbocycles. The Morgan fingerprint density at radius 1 is 1.04 bits per heavy atom. The number of hydrogen-bond donors (Lipinski definition) is 1. The molecule has 1 atom stereocenters. The van der Waals surface area contributed by atoms with Gasteiger partial charge in [0.15, 0.2) is 6.54 Å². The first-order valence-electron chi connectivity index (χ1n) is 9.26. The van der Waals surface area contributed by atoms with Gasteiger partial charge in [0.25, 0.3) is 11.6 Å². The van der Waals surface area contributed by atoms with E-state index in [1.165, 1.54) is 6.42 Å². The van der Waals surface area contributed by atoms with Crippen LogP contribution in [0.2, 0.25) is 10.0 Å². The minimum atomic E-state index is -1.20. The molecule has 1 N–H and O–H groups in total. The number of anilines is 1. The molecule has 1 unspecified atom stereocenters. The fourth-order valence-electron chi connectivity index (χ4n) is 4.08. The molecular formula is C21H23BrCl2N2O2. The third kappa shape index (κ3) is 3.78. The number of hydrogen-bond acceptors (Lipinski definition) is 3. The second kappa shape index (κ2) is 8.62. The summed E-state index contributed by atoms with van der Waals surface area (Å²) in [6.07, 6.45) is 4.41. The van der Waals surface area contributed by atoms with Crippen molar-refractivity contribution in [3.8, 4) is 5.75 Å². The van der Waals surface area contributed by atoms with Gasteiger partial charge in [0.2, 0.25) is 0 Å². The van der Waals surface area contributed by atoms with E-state index in [9.17, 15) is 5.11 Å². The van der Waals surface area contributed by atoms with Crippen molar-refractivity contribution in [3.63, 3.8) is 0 Å². The van der Waals surface area contributed by atoms with Crippen molar-refractivity contribution in [2.45, 2.75) is 31.4 Å². The third-order valence-electron chi connectivity index (χ3n) is 5.45. The molecule has 4 rings (SSSR count). The Hall–Kier alpha value is -1.27. The molecule has 28 heavy (non-hydrogen) atoms. The molecule has 4 nitrogen and oxygen atoms in total. The van der Waals surface area contributed by atoms with Crippen molar-refractivity contribution in [1.82, 2.24) is 0 Å². The summed E-state index contributed by atoms with van der Waals surface area (Å²) >= 11 is 12.4. The molecule has 0 spiro atoms. The van der Waals surface area contributed by atoms with Crippen LogP contribution in [-0.2, 0) is 5.72 Å². The van der Waals surface area contributed by atoms with Gasteiger partial charge in [-0.3, -0.25) is 4.58 Å². The standard InChI is InChI=1S/C21H23Cl2N2O2.BrH/c1-27-17-9-7-16(8-10-17)25-20-5-3-2-4-12-24(20)14-21(25,26)15-6-11-18(22)19(23)13-15;/h6-11,13,26H,2-5,12,14H2,1H3;1H/q+1;/p-1. The molecule has 0 saturated heterocycles. The average molecular weight is 486 g/mol. The van der Waals surface area contributed by atoms with Crippen LogP contribution < -0.4 is 26.6 Å². The summed E-state index contributed by atoms with van der Waals surface area (Å²) in [7, 11) is 1.65. The first-order valence-corrected chi connectivity index (χ1v) is 10.0. The first-order chi connectivity index (χ1) is 13.0. The van der Waals surface area contributed by atoms with Gasteiger partial charge in [0.1, 0.15) is 11.4 Å². The maximum Gasteiger partial charge on any atom is 0.275 e. The second-order valence-corrected chi connectivity index (χ2v) is 7.94. The van der Waals surface area contributed by atoms with E-state index in [4.69, 9.17) is 27.9 Å². The summed E-state index contributed by atoms with van der Waals surface area (Å²) in [5.74, 6) is 1.95. The highest BCUT2D eigenvalue weighted by molar-refractivity contribution is 6.42. The minimum Gasteiger partial charge on any atom is -1.00 e. The van der Waals surface area contributed by atoms with Crippen LogP contribution in [0.5, 0.6) is 5.75 Å². The number of methoxy groups -OCH3 is 1. The zero-order valence-electron chi connectivity index (χ0n) is 15.7. The lowest BCUT2D eigenvalue weighted by molar-refractivity contribution is -0.534. The molecule has 2 aromatic carbocycles. The highest BCUT2D eigenvalue weighted by Gasteiger charge is 2.54. The smallest absolute Gasteiger partial charge is 0.275 e. The fourth-order valence-corrected chi connectivity index (χ4v) is 4.38. The molecule has 0 aliphatic carbocycles. The zero-order chi connectivity index (χ0) is 19.0. The Balaban J connectivity index is 0.00000225. The van der Waals surface area contributed by atoms with Crippen molar-refractivity contribution in [3.05, 3.63) is 58.1 Å². The zero-order valence-corrected chi connectivity index (χ0v) is 18.8. The van der Waals surface area contributed by atoms with Crippen LogP contribution in [0.1, 0.15) is 31.2 Å². The summed E-state index contributed by atoms with van der Waals surface area (Å²) in [4.78, 5) is 2.05. The van der Waals surface area contributed by atoms with Crippen molar-refractivity contribution in [2.75, 3.05) is 25.1 Å². The number of rotatable bonds is 3. The van der Waals surface area contributed by atoms with Gasteiger partial charge in [-0.2, -0.15) is 4.90 Å². The van der Waals surface area contributed by atoms with E-state index in [-0.39, 0.29) is 17.0 Å². The Morgan fingerprint density at radius 2 is 1.79 bits per heavy atom. The SMILES string of the molecule is COc1ccc(N2C3=[N+](CCCCC3)CC2(O)c2ccc(Cl)c(Cl)c2)cc1.[Br-].